The maximum absolute atomic E-state index is 9.52. The Labute approximate surface area is 120 Å². The Balaban J connectivity index is 1.96. The van der Waals surface area contributed by atoms with Gasteiger partial charge in [0.2, 0.25) is 0 Å². The van der Waals surface area contributed by atoms with Crippen molar-refractivity contribution in [2.45, 2.75) is 96.6 Å². The summed E-state index contributed by atoms with van der Waals surface area (Å²) in [7, 11) is 0. The molecule has 0 aromatic rings. The van der Waals surface area contributed by atoms with Gasteiger partial charge in [-0.15, -0.1) is 0 Å². The highest BCUT2D eigenvalue weighted by Gasteiger charge is 2.24. The molecule has 19 heavy (non-hydrogen) atoms. The fourth-order valence-corrected chi connectivity index (χ4v) is 3.30. The highest BCUT2D eigenvalue weighted by molar-refractivity contribution is 4.80. The first kappa shape index (κ1) is 17.0. The normalized spacial score (nSPS) is 21.9. The molecule has 0 bridgehead atoms. The third-order valence-corrected chi connectivity index (χ3v) is 4.41. The van der Waals surface area contributed by atoms with Crippen molar-refractivity contribution in [1.29, 1.82) is 0 Å². The van der Waals surface area contributed by atoms with E-state index < -0.39 is 0 Å². The Kier molecular flexibility index (Phi) is 9.54. The number of hydrogen-bond donors (Lipinski definition) is 1. The number of aliphatic hydroxyl groups excluding tert-OH is 1. The van der Waals surface area contributed by atoms with Gasteiger partial charge in [0.25, 0.3) is 0 Å². The van der Waals surface area contributed by atoms with Crippen LogP contribution in [0.25, 0.3) is 0 Å². The van der Waals surface area contributed by atoms with Crippen molar-refractivity contribution in [2.24, 2.45) is 0 Å². The molecule has 0 aromatic heterocycles. The topological polar surface area (TPSA) is 23.5 Å². The van der Waals surface area contributed by atoms with Gasteiger partial charge in [0.05, 0.1) is 6.10 Å². The Morgan fingerprint density at radius 3 is 2.32 bits per heavy atom. The van der Waals surface area contributed by atoms with Crippen molar-refractivity contribution < 1.29 is 5.11 Å². The van der Waals surface area contributed by atoms with E-state index in [4.69, 9.17) is 0 Å². The molecule has 2 atom stereocenters. The second-order valence-corrected chi connectivity index (χ2v) is 6.39. The van der Waals surface area contributed by atoms with Crippen molar-refractivity contribution >= 4 is 0 Å². The van der Waals surface area contributed by atoms with Gasteiger partial charge >= 0.3 is 0 Å². The van der Waals surface area contributed by atoms with Gasteiger partial charge in [-0.05, 0) is 45.7 Å². The molecule has 0 aliphatic carbocycles. The highest BCUT2D eigenvalue weighted by Crippen LogP contribution is 2.22. The first-order chi connectivity index (χ1) is 9.24. The summed E-state index contributed by atoms with van der Waals surface area (Å²) in [6.07, 6.45) is 14.7. The standard InChI is InChI=1S/C17H35NO/c1-3-4-5-6-7-8-9-10-13-18-14-11-12-17(18)15-16(2)19/h16-17,19H,3-15H2,1-2H3. The Hall–Kier alpha value is -0.0800. The van der Waals surface area contributed by atoms with Crippen LogP contribution >= 0.6 is 0 Å². The third-order valence-electron chi connectivity index (χ3n) is 4.41. The van der Waals surface area contributed by atoms with Crippen LogP contribution in [0.5, 0.6) is 0 Å². The lowest BCUT2D eigenvalue weighted by Gasteiger charge is -2.25. The second kappa shape index (κ2) is 10.7. The molecule has 1 saturated heterocycles. The van der Waals surface area contributed by atoms with E-state index in [-0.39, 0.29) is 6.10 Å². The summed E-state index contributed by atoms with van der Waals surface area (Å²) >= 11 is 0. The van der Waals surface area contributed by atoms with Crippen LogP contribution in [-0.4, -0.2) is 35.2 Å². The number of rotatable bonds is 11. The minimum Gasteiger partial charge on any atom is -0.393 e. The van der Waals surface area contributed by atoms with Crippen molar-refractivity contribution in [3.05, 3.63) is 0 Å². The number of unbranched alkanes of at least 4 members (excludes halogenated alkanes) is 7. The van der Waals surface area contributed by atoms with E-state index >= 15 is 0 Å². The van der Waals surface area contributed by atoms with Crippen LogP contribution in [0.15, 0.2) is 0 Å². The summed E-state index contributed by atoms with van der Waals surface area (Å²) in [5.74, 6) is 0. The van der Waals surface area contributed by atoms with E-state index in [1.165, 1.54) is 77.3 Å². The SMILES string of the molecule is CCCCCCCCCCN1CCCC1CC(C)O. The van der Waals surface area contributed by atoms with E-state index in [2.05, 4.69) is 11.8 Å². The summed E-state index contributed by atoms with van der Waals surface area (Å²) < 4.78 is 0. The zero-order valence-electron chi connectivity index (χ0n) is 13.2. The Morgan fingerprint density at radius 2 is 1.68 bits per heavy atom. The number of nitrogens with zero attached hydrogens (tertiary/aromatic N) is 1. The van der Waals surface area contributed by atoms with Gasteiger partial charge in [0.1, 0.15) is 0 Å². The van der Waals surface area contributed by atoms with Crippen LogP contribution in [-0.2, 0) is 0 Å². The molecule has 2 unspecified atom stereocenters. The number of likely N-dealkylation sites (tertiary alicyclic amines) is 1. The quantitative estimate of drug-likeness (QED) is 0.563. The lowest BCUT2D eigenvalue weighted by molar-refractivity contribution is 0.133. The molecule has 0 amide bonds. The van der Waals surface area contributed by atoms with Gasteiger partial charge in [-0.2, -0.15) is 0 Å². The molecule has 114 valence electrons. The lowest BCUT2D eigenvalue weighted by atomic mass is 10.1. The lowest BCUT2D eigenvalue weighted by Crippen LogP contribution is -2.32. The van der Waals surface area contributed by atoms with E-state index in [0.717, 1.165) is 6.42 Å². The van der Waals surface area contributed by atoms with Crippen LogP contribution in [0.4, 0.5) is 0 Å². The van der Waals surface area contributed by atoms with Gasteiger partial charge < -0.3 is 10.0 Å². The molecule has 2 heteroatoms. The Bertz CT molecular complexity index is 205. The molecule has 1 fully saturated rings. The summed E-state index contributed by atoms with van der Waals surface area (Å²) in [6.45, 7) is 6.72. The largest absolute Gasteiger partial charge is 0.393 e. The van der Waals surface area contributed by atoms with Crippen molar-refractivity contribution in [2.75, 3.05) is 13.1 Å². The summed E-state index contributed by atoms with van der Waals surface area (Å²) in [5, 5.41) is 9.52. The predicted octanol–water partition coefficient (Wildman–Crippen LogP) is 4.36. The summed E-state index contributed by atoms with van der Waals surface area (Å²) in [5.41, 5.74) is 0. The second-order valence-electron chi connectivity index (χ2n) is 6.39. The monoisotopic (exact) mass is 269 g/mol. The summed E-state index contributed by atoms with van der Waals surface area (Å²) in [4.78, 5) is 2.61. The average molecular weight is 269 g/mol. The maximum atomic E-state index is 9.52. The molecule has 1 heterocycles. The first-order valence-corrected chi connectivity index (χ1v) is 8.66. The number of hydrogen-bond acceptors (Lipinski definition) is 2. The van der Waals surface area contributed by atoms with E-state index in [9.17, 15) is 5.11 Å². The average Bonchev–Trinajstić information content (AvgIpc) is 2.79. The molecule has 0 aromatic carbocycles. The fraction of sp³-hybridized carbons (Fsp3) is 1.00. The molecule has 0 spiro atoms. The smallest absolute Gasteiger partial charge is 0.0527 e. The molecule has 0 radical (unpaired) electrons. The molecule has 0 saturated carbocycles. The van der Waals surface area contributed by atoms with Crippen LogP contribution in [0.3, 0.4) is 0 Å². The minimum absolute atomic E-state index is 0.135. The number of aliphatic hydroxyl groups is 1. The predicted molar refractivity (Wildman–Crippen MR) is 83.5 cm³/mol. The minimum atomic E-state index is -0.135. The zero-order valence-corrected chi connectivity index (χ0v) is 13.2. The Morgan fingerprint density at radius 1 is 1.05 bits per heavy atom. The third kappa shape index (κ3) is 7.94. The van der Waals surface area contributed by atoms with Crippen LogP contribution in [0, 0.1) is 0 Å². The van der Waals surface area contributed by atoms with Gasteiger partial charge in [0.15, 0.2) is 0 Å². The molecule has 1 N–H and O–H groups in total. The molecule has 2 nitrogen and oxygen atoms in total. The highest BCUT2D eigenvalue weighted by atomic mass is 16.3. The molecule has 1 rings (SSSR count). The summed E-state index contributed by atoms with van der Waals surface area (Å²) in [6, 6.07) is 0.657. The maximum Gasteiger partial charge on any atom is 0.0527 e. The van der Waals surface area contributed by atoms with Crippen molar-refractivity contribution in [1.82, 2.24) is 4.90 Å². The zero-order chi connectivity index (χ0) is 13.9. The van der Waals surface area contributed by atoms with Gasteiger partial charge in [-0.25, -0.2) is 0 Å². The first-order valence-electron chi connectivity index (χ1n) is 8.66. The van der Waals surface area contributed by atoms with Crippen LogP contribution in [0.2, 0.25) is 0 Å². The molecular formula is C17H35NO. The van der Waals surface area contributed by atoms with Gasteiger partial charge in [-0.1, -0.05) is 51.9 Å². The fourth-order valence-electron chi connectivity index (χ4n) is 3.30. The van der Waals surface area contributed by atoms with Crippen LogP contribution < -0.4 is 0 Å². The van der Waals surface area contributed by atoms with Crippen LogP contribution in [0.1, 0.15) is 84.5 Å². The van der Waals surface area contributed by atoms with Gasteiger partial charge in [-0.3, -0.25) is 0 Å². The van der Waals surface area contributed by atoms with E-state index in [1.54, 1.807) is 0 Å². The van der Waals surface area contributed by atoms with E-state index in [0.29, 0.717) is 6.04 Å². The molecular weight excluding hydrogens is 234 g/mol. The molecule has 1 aliphatic heterocycles. The van der Waals surface area contributed by atoms with Gasteiger partial charge in [0, 0.05) is 6.04 Å². The van der Waals surface area contributed by atoms with E-state index in [1.807, 2.05) is 6.92 Å². The van der Waals surface area contributed by atoms with Crippen molar-refractivity contribution in [3.63, 3.8) is 0 Å². The molecule has 1 aliphatic rings. The van der Waals surface area contributed by atoms with Crippen molar-refractivity contribution in [3.8, 4) is 0 Å².